The summed E-state index contributed by atoms with van der Waals surface area (Å²) in [5.74, 6) is -0.899. The standard InChI is InChI=1S/C13H10BrNO4S/c1-19-9-3-2-7(14)6-8(9)15-12(16)10-4-5-11(20-10)13(17)18/h2-6H,1H3,(H,15,16)(H,17,18). The zero-order valence-corrected chi connectivity index (χ0v) is 12.7. The van der Waals surface area contributed by atoms with Crippen LogP contribution >= 0.6 is 27.3 Å². The van der Waals surface area contributed by atoms with Crippen LogP contribution in [0.4, 0.5) is 5.69 Å². The number of nitrogens with one attached hydrogen (secondary N) is 1. The summed E-state index contributed by atoms with van der Waals surface area (Å²) in [6, 6.07) is 8.11. The molecule has 0 bridgehead atoms. The zero-order chi connectivity index (χ0) is 14.7. The quantitative estimate of drug-likeness (QED) is 0.880. The van der Waals surface area contributed by atoms with E-state index in [4.69, 9.17) is 9.84 Å². The average Bonchev–Trinajstić information content (AvgIpc) is 2.89. The molecule has 1 amide bonds. The van der Waals surface area contributed by atoms with Crippen molar-refractivity contribution in [2.24, 2.45) is 0 Å². The highest BCUT2D eigenvalue weighted by atomic mass is 79.9. The van der Waals surface area contributed by atoms with E-state index in [0.29, 0.717) is 16.3 Å². The van der Waals surface area contributed by atoms with Crippen molar-refractivity contribution >= 4 is 44.8 Å². The number of carbonyl (C=O) groups excluding carboxylic acids is 1. The molecule has 0 saturated heterocycles. The molecule has 104 valence electrons. The number of benzene rings is 1. The van der Waals surface area contributed by atoms with E-state index in [1.165, 1.54) is 19.2 Å². The lowest BCUT2D eigenvalue weighted by Crippen LogP contribution is -2.11. The average molecular weight is 356 g/mol. The van der Waals surface area contributed by atoms with Crippen molar-refractivity contribution in [3.63, 3.8) is 0 Å². The summed E-state index contributed by atoms with van der Waals surface area (Å²) in [4.78, 5) is 23.3. The van der Waals surface area contributed by atoms with Crippen molar-refractivity contribution in [3.8, 4) is 5.75 Å². The fourth-order valence-electron chi connectivity index (χ4n) is 1.54. The number of halogens is 1. The van der Waals surface area contributed by atoms with Crippen molar-refractivity contribution in [2.75, 3.05) is 12.4 Å². The molecular formula is C13H10BrNO4S. The monoisotopic (exact) mass is 355 g/mol. The summed E-state index contributed by atoms with van der Waals surface area (Å²) < 4.78 is 5.95. The number of ether oxygens (including phenoxy) is 1. The Balaban J connectivity index is 2.22. The van der Waals surface area contributed by atoms with Crippen LogP contribution in [0, 0.1) is 0 Å². The molecule has 1 aromatic carbocycles. The third-order valence-corrected chi connectivity index (χ3v) is 4.02. The molecule has 0 unspecified atom stereocenters. The summed E-state index contributed by atoms with van der Waals surface area (Å²) in [6.07, 6.45) is 0. The third kappa shape index (κ3) is 3.17. The van der Waals surface area contributed by atoms with Gasteiger partial charge in [-0.1, -0.05) is 15.9 Å². The smallest absolute Gasteiger partial charge is 0.345 e. The van der Waals surface area contributed by atoms with Gasteiger partial charge in [0, 0.05) is 4.47 Å². The van der Waals surface area contributed by atoms with E-state index in [-0.39, 0.29) is 10.8 Å². The highest BCUT2D eigenvalue weighted by Gasteiger charge is 2.14. The molecular weight excluding hydrogens is 346 g/mol. The Bertz CT molecular complexity index is 668. The minimum Gasteiger partial charge on any atom is -0.495 e. The van der Waals surface area contributed by atoms with Gasteiger partial charge in [0.15, 0.2) is 0 Å². The molecule has 0 atom stereocenters. The van der Waals surface area contributed by atoms with Crippen molar-refractivity contribution in [3.05, 3.63) is 44.6 Å². The van der Waals surface area contributed by atoms with Gasteiger partial charge in [0.05, 0.1) is 17.7 Å². The maximum Gasteiger partial charge on any atom is 0.345 e. The lowest BCUT2D eigenvalue weighted by molar-refractivity contribution is 0.0702. The van der Waals surface area contributed by atoms with Crippen LogP contribution in [-0.4, -0.2) is 24.1 Å². The number of hydrogen-bond acceptors (Lipinski definition) is 4. The molecule has 2 N–H and O–H groups in total. The van der Waals surface area contributed by atoms with Gasteiger partial charge in [0.2, 0.25) is 0 Å². The molecule has 0 radical (unpaired) electrons. The third-order valence-electron chi connectivity index (χ3n) is 2.45. The van der Waals surface area contributed by atoms with E-state index < -0.39 is 5.97 Å². The Hall–Kier alpha value is -1.86. The first-order valence-corrected chi connectivity index (χ1v) is 7.10. The van der Waals surface area contributed by atoms with E-state index in [1.807, 2.05) is 0 Å². The Morgan fingerprint density at radius 1 is 1.25 bits per heavy atom. The maximum absolute atomic E-state index is 12.1. The lowest BCUT2D eigenvalue weighted by atomic mass is 10.3. The molecule has 0 aliphatic carbocycles. The topological polar surface area (TPSA) is 75.6 Å². The van der Waals surface area contributed by atoms with Gasteiger partial charge in [-0.25, -0.2) is 4.79 Å². The van der Waals surface area contributed by atoms with Crippen LogP contribution in [0.5, 0.6) is 5.75 Å². The van der Waals surface area contributed by atoms with Crippen molar-refractivity contribution < 1.29 is 19.4 Å². The number of anilines is 1. The SMILES string of the molecule is COc1ccc(Br)cc1NC(=O)c1ccc(C(=O)O)s1. The minimum absolute atomic E-state index is 0.122. The fraction of sp³-hybridized carbons (Fsp3) is 0.0769. The number of carboxylic acid groups (broad SMARTS) is 1. The van der Waals surface area contributed by atoms with Crippen LogP contribution in [0.15, 0.2) is 34.8 Å². The van der Waals surface area contributed by atoms with E-state index in [0.717, 1.165) is 15.8 Å². The minimum atomic E-state index is -1.05. The largest absolute Gasteiger partial charge is 0.495 e. The van der Waals surface area contributed by atoms with Crippen LogP contribution in [-0.2, 0) is 0 Å². The van der Waals surface area contributed by atoms with Gasteiger partial charge in [-0.3, -0.25) is 4.79 Å². The normalized spacial score (nSPS) is 10.1. The van der Waals surface area contributed by atoms with Gasteiger partial charge >= 0.3 is 5.97 Å². The number of carboxylic acids is 1. The number of methoxy groups -OCH3 is 1. The van der Waals surface area contributed by atoms with E-state index >= 15 is 0 Å². The van der Waals surface area contributed by atoms with Crippen LogP contribution in [0.3, 0.4) is 0 Å². The molecule has 0 fully saturated rings. The van der Waals surface area contributed by atoms with Gasteiger partial charge in [0.1, 0.15) is 10.6 Å². The Labute approximate surface area is 127 Å². The van der Waals surface area contributed by atoms with Gasteiger partial charge < -0.3 is 15.2 Å². The number of carbonyl (C=O) groups is 2. The number of thiophene rings is 1. The number of rotatable bonds is 4. The fourth-order valence-corrected chi connectivity index (χ4v) is 2.64. The summed E-state index contributed by atoms with van der Waals surface area (Å²) in [7, 11) is 1.51. The predicted molar refractivity (Wildman–Crippen MR) is 79.9 cm³/mol. The lowest BCUT2D eigenvalue weighted by Gasteiger charge is -2.09. The Morgan fingerprint density at radius 3 is 2.55 bits per heavy atom. The van der Waals surface area contributed by atoms with Gasteiger partial charge in [-0.2, -0.15) is 0 Å². The Kier molecular flexibility index (Phi) is 4.41. The van der Waals surface area contributed by atoms with E-state index in [9.17, 15) is 9.59 Å². The summed E-state index contributed by atoms with van der Waals surface area (Å²) in [6.45, 7) is 0. The van der Waals surface area contributed by atoms with Gasteiger partial charge in [0.25, 0.3) is 5.91 Å². The van der Waals surface area contributed by atoms with Crippen molar-refractivity contribution in [1.82, 2.24) is 0 Å². The van der Waals surface area contributed by atoms with E-state index in [2.05, 4.69) is 21.2 Å². The van der Waals surface area contributed by atoms with E-state index in [1.54, 1.807) is 18.2 Å². The molecule has 20 heavy (non-hydrogen) atoms. The predicted octanol–water partition coefficient (Wildman–Crippen LogP) is 3.47. The molecule has 1 aromatic heterocycles. The molecule has 1 heterocycles. The van der Waals surface area contributed by atoms with Crippen molar-refractivity contribution in [1.29, 1.82) is 0 Å². The first kappa shape index (κ1) is 14.5. The van der Waals surface area contributed by atoms with Gasteiger partial charge in [-0.15, -0.1) is 11.3 Å². The number of aromatic carboxylic acids is 1. The summed E-state index contributed by atoms with van der Waals surface area (Å²) in [5.41, 5.74) is 0.511. The van der Waals surface area contributed by atoms with Crippen molar-refractivity contribution in [2.45, 2.75) is 0 Å². The number of hydrogen-bond donors (Lipinski definition) is 2. The Morgan fingerprint density at radius 2 is 1.95 bits per heavy atom. The second kappa shape index (κ2) is 6.06. The molecule has 0 aliphatic heterocycles. The molecule has 7 heteroatoms. The highest BCUT2D eigenvalue weighted by Crippen LogP contribution is 2.29. The van der Waals surface area contributed by atoms with Crippen LogP contribution in [0.1, 0.15) is 19.3 Å². The first-order chi connectivity index (χ1) is 9.51. The molecule has 2 rings (SSSR count). The first-order valence-electron chi connectivity index (χ1n) is 5.49. The summed E-state index contributed by atoms with van der Waals surface area (Å²) >= 11 is 4.23. The second-order valence-electron chi connectivity index (χ2n) is 3.77. The molecule has 2 aromatic rings. The summed E-state index contributed by atoms with van der Waals surface area (Å²) in [5, 5.41) is 11.5. The van der Waals surface area contributed by atoms with Gasteiger partial charge in [-0.05, 0) is 30.3 Å². The second-order valence-corrected chi connectivity index (χ2v) is 5.77. The highest BCUT2D eigenvalue weighted by molar-refractivity contribution is 9.10. The van der Waals surface area contributed by atoms with Crippen LogP contribution in [0.25, 0.3) is 0 Å². The number of amides is 1. The van der Waals surface area contributed by atoms with Crippen LogP contribution < -0.4 is 10.1 Å². The molecule has 0 spiro atoms. The zero-order valence-electron chi connectivity index (χ0n) is 10.3. The molecule has 0 saturated carbocycles. The van der Waals surface area contributed by atoms with Crippen LogP contribution in [0.2, 0.25) is 0 Å². The molecule has 0 aliphatic rings. The molecule has 5 nitrogen and oxygen atoms in total. The maximum atomic E-state index is 12.1.